The molecule has 0 saturated carbocycles. The lowest BCUT2D eigenvalue weighted by Crippen LogP contribution is -2.50. The highest BCUT2D eigenvalue weighted by atomic mass is 16.5. The maximum Gasteiger partial charge on any atom is 0.309 e. The van der Waals surface area contributed by atoms with Crippen LogP contribution in [-0.4, -0.2) is 57.1 Å². The van der Waals surface area contributed by atoms with Crippen LogP contribution < -0.4 is 16.2 Å². The van der Waals surface area contributed by atoms with Gasteiger partial charge >= 0.3 is 15.0 Å². The van der Waals surface area contributed by atoms with Crippen molar-refractivity contribution >= 4 is 48.6 Å². The summed E-state index contributed by atoms with van der Waals surface area (Å²) in [7, 11) is 0.589. The summed E-state index contributed by atoms with van der Waals surface area (Å²) < 4.78 is 14.6. The molecule has 0 aliphatic carbocycles. The predicted octanol–water partition coefficient (Wildman–Crippen LogP) is 4.16. The van der Waals surface area contributed by atoms with Crippen LogP contribution in [0.25, 0.3) is 16.7 Å². The van der Waals surface area contributed by atoms with E-state index >= 15 is 0 Å². The van der Waals surface area contributed by atoms with E-state index in [9.17, 15) is 10.2 Å². The van der Waals surface area contributed by atoms with Crippen molar-refractivity contribution in [2.45, 2.75) is 84.7 Å². The Bertz CT molecular complexity index is 1470. The molecule has 0 saturated heterocycles. The molecule has 0 amide bonds. The van der Waals surface area contributed by atoms with Crippen molar-refractivity contribution in [3.63, 3.8) is 0 Å². The minimum absolute atomic E-state index is 0.294. The molecule has 9 heteroatoms. The molecule has 1 heterocycles. The Morgan fingerprint density at radius 1 is 0.732 bits per heavy atom. The average Bonchev–Trinajstić information content (AvgIpc) is 3.23. The zero-order valence-electron chi connectivity index (χ0n) is 25.9. The number of fused-ring (bicyclic) bond motifs is 1. The fraction of sp³-hybridized carbons (Fsp3) is 0.406. The smallest absolute Gasteiger partial charge is 0.309 e. The summed E-state index contributed by atoms with van der Waals surface area (Å²) in [4.78, 5) is 4.94. The molecule has 3 N–H and O–H groups in total. The van der Waals surface area contributed by atoms with Crippen LogP contribution in [0.4, 0.5) is 11.6 Å². The zero-order valence-corrected chi connectivity index (χ0v) is 25.9. The third-order valence-corrected chi connectivity index (χ3v) is 8.37. The van der Waals surface area contributed by atoms with Crippen molar-refractivity contribution in [2.24, 2.45) is 0 Å². The third kappa shape index (κ3) is 6.87. The first-order chi connectivity index (χ1) is 19.0. The summed E-state index contributed by atoms with van der Waals surface area (Å²) in [6.07, 6.45) is 0. The SMILES string of the molecule is Cc1ccccc1-n1c(Nc2cc(BOC(C)(C)C(C)(C)O)cc(BOC(C)(C)C(C)(C)O)c2)nc2ccccc21. The van der Waals surface area contributed by atoms with Crippen LogP contribution >= 0.6 is 0 Å². The highest BCUT2D eigenvalue weighted by Crippen LogP contribution is 2.29. The second-order valence-electron chi connectivity index (χ2n) is 12.9. The summed E-state index contributed by atoms with van der Waals surface area (Å²) in [5.41, 5.74) is 3.17. The fourth-order valence-corrected chi connectivity index (χ4v) is 4.18. The first-order valence-electron chi connectivity index (χ1n) is 14.1. The van der Waals surface area contributed by atoms with Gasteiger partial charge in [-0.05, 0) is 98.2 Å². The van der Waals surface area contributed by atoms with Crippen molar-refractivity contribution < 1.29 is 19.5 Å². The van der Waals surface area contributed by atoms with Gasteiger partial charge in [0.2, 0.25) is 5.95 Å². The molecule has 1 aromatic heterocycles. The molecule has 0 fully saturated rings. The van der Waals surface area contributed by atoms with Crippen LogP contribution in [0.2, 0.25) is 0 Å². The average molecular weight is 555 g/mol. The van der Waals surface area contributed by atoms with Gasteiger partial charge in [0.25, 0.3) is 0 Å². The number of nitrogens with one attached hydrogen (secondary N) is 1. The Balaban J connectivity index is 1.74. The van der Waals surface area contributed by atoms with Crippen LogP contribution in [0.1, 0.15) is 61.0 Å². The molecule has 0 aliphatic heterocycles. The molecule has 216 valence electrons. The minimum atomic E-state index is -1.02. The van der Waals surface area contributed by atoms with Crippen LogP contribution in [0.15, 0.2) is 66.7 Å². The van der Waals surface area contributed by atoms with Crippen LogP contribution in [0, 0.1) is 6.92 Å². The minimum Gasteiger partial charge on any atom is -0.427 e. The second-order valence-corrected chi connectivity index (χ2v) is 12.9. The molecule has 0 radical (unpaired) electrons. The van der Waals surface area contributed by atoms with Crippen molar-refractivity contribution in [3.8, 4) is 5.69 Å². The van der Waals surface area contributed by atoms with E-state index in [1.54, 1.807) is 27.7 Å². The Hall–Kier alpha value is -3.10. The summed E-state index contributed by atoms with van der Waals surface area (Å²) in [6.45, 7) is 16.6. The number of hydrogen-bond donors (Lipinski definition) is 3. The maximum absolute atomic E-state index is 10.6. The molecule has 4 aromatic rings. The van der Waals surface area contributed by atoms with Crippen molar-refractivity contribution in [1.29, 1.82) is 0 Å². The maximum atomic E-state index is 10.6. The van der Waals surface area contributed by atoms with Gasteiger partial charge in [0, 0.05) is 5.69 Å². The highest BCUT2D eigenvalue weighted by Gasteiger charge is 2.37. The lowest BCUT2D eigenvalue weighted by molar-refractivity contribution is -0.0893. The van der Waals surface area contributed by atoms with E-state index in [0.29, 0.717) is 20.9 Å². The lowest BCUT2D eigenvalue weighted by Gasteiger charge is -2.38. The van der Waals surface area contributed by atoms with Gasteiger partial charge in [-0.1, -0.05) is 47.3 Å². The largest absolute Gasteiger partial charge is 0.427 e. The monoisotopic (exact) mass is 555 g/mol. The number of para-hydroxylation sites is 3. The topological polar surface area (TPSA) is 88.8 Å². The summed E-state index contributed by atoms with van der Waals surface area (Å²) in [5, 5.41) is 24.8. The normalized spacial score (nSPS) is 13.0. The zero-order chi connectivity index (χ0) is 30.2. The van der Waals surface area contributed by atoms with Crippen LogP contribution in [0.5, 0.6) is 0 Å². The van der Waals surface area contributed by atoms with Gasteiger partial charge < -0.3 is 24.8 Å². The van der Waals surface area contributed by atoms with Gasteiger partial charge in [0.15, 0.2) is 0 Å². The summed E-state index contributed by atoms with van der Waals surface area (Å²) in [6, 6.07) is 22.4. The first-order valence-corrected chi connectivity index (χ1v) is 14.1. The number of aromatic nitrogens is 2. The summed E-state index contributed by atoms with van der Waals surface area (Å²) in [5.74, 6) is 0.694. The fourth-order valence-electron chi connectivity index (χ4n) is 4.18. The number of rotatable bonds is 11. The Morgan fingerprint density at radius 2 is 1.24 bits per heavy atom. The number of nitrogens with zero attached hydrogens (tertiary/aromatic N) is 2. The number of aliphatic hydroxyl groups is 2. The molecule has 0 spiro atoms. The van der Waals surface area contributed by atoms with Gasteiger partial charge in [0.05, 0.1) is 39.1 Å². The first kappa shape index (κ1) is 30.8. The van der Waals surface area contributed by atoms with Gasteiger partial charge in [-0.2, -0.15) is 0 Å². The number of imidazole rings is 1. The van der Waals surface area contributed by atoms with E-state index < -0.39 is 22.4 Å². The van der Waals surface area contributed by atoms with E-state index in [-0.39, 0.29) is 0 Å². The van der Waals surface area contributed by atoms with Crippen LogP contribution in [0.3, 0.4) is 0 Å². The molecule has 0 atom stereocenters. The molecule has 7 nitrogen and oxygen atoms in total. The van der Waals surface area contributed by atoms with Gasteiger partial charge in [0.1, 0.15) is 0 Å². The molecular formula is C32H43B2N3O4. The van der Waals surface area contributed by atoms with E-state index in [2.05, 4.69) is 35.0 Å². The molecule has 0 aliphatic rings. The molecule has 0 unspecified atom stereocenters. The Kier molecular flexibility index (Phi) is 8.50. The lowest BCUT2D eigenvalue weighted by atomic mass is 9.77. The Morgan fingerprint density at radius 3 is 1.78 bits per heavy atom. The predicted molar refractivity (Wildman–Crippen MR) is 172 cm³/mol. The standard InChI is InChI=1S/C32H43B2N3O4/c1-21-14-10-12-16-26(21)37-27-17-13-11-15-25(27)36-28(37)35-24-19-22(33-40-31(6,7)29(2,3)38)18-23(20-24)34-41-32(8,9)30(4,5)39/h10-20,33-34,38-39H,1-9H3,(H,35,36). The van der Waals surface area contributed by atoms with E-state index in [4.69, 9.17) is 14.3 Å². The van der Waals surface area contributed by atoms with E-state index in [1.807, 2.05) is 76.2 Å². The molecule has 4 rings (SSSR count). The van der Waals surface area contributed by atoms with Gasteiger partial charge in [-0.15, -0.1) is 0 Å². The molecule has 3 aromatic carbocycles. The third-order valence-electron chi connectivity index (χ3n) is 8.37. The van der Waals surface area contributed by atoms with Gasteiger partial charge in [-0.25, -0.2) is 4.98 Å². The molecule has 41 heavy (non-hydrogen) atoms. The van der Waals surface area contributed by atoms with Crippen LogP contribution in [-0.2, 0) is 9.31 Å². The van der Waals surface area contributed by atoms with E-state index in [1.165, 1.54) is 0 Å². The number of aryl methyl sites for hydroxylation is 1. The van der Waals surface area contributed by atoms with Crippen molar-refractivity contribution in [1.82, 2.24) is 9.55 Å². The number of hydrogen-bond acceptors (Lipinski definition) is 6. The molecular weight excluding hydrogens is 512 g/mol. The number of anilines is 2. The Labute approximate surface area is 245 Å². The van der Waals surface area contributed by atoms with E-state index in [0.717, 1.165) is 38.9 Å². The van der Waals surface area contributed by atoms with Crippen molar-refractivity contribution in [2.75, 3.05) is 5.32 Å². The van der Waals surface area contributed by atoms with Gasteiger partial charge in [-0.3, -0.25) is 4.57 Å². The second kappa shape index (κ2) is 11.3. The summed E-state index contributed by atoms with van der Waals surface area (Å²) >= 11 is 0. The highest BCUT2D eigenvalue weighted by molar-refractivity contribution is 6.52. The number of benzene rings is 3. The molecule has 0 bridgehead atoms. The quantitative estimate of drug-likeness (QED) is 0.241. The van der Waals surface area contributed by atoms with Crippen molar-refractivity contribution in [3.05, 3.63) is 72.3 Å².